The van der Waals surface area contributed by atoms with Crippen LogP contribution >= 0.6 is 0 Å². The van der Waals surface area contributed by atoms with E-state index in [0.29, 0.717) is 24.7 Å². The van der Waals surface area contributed by atoms with Gasteiger partial charge >= 0.3 is 0 Å². The van der Waals surface area contributed by atoms with Gasteiger partial charge in [0.1, 0.15) is 0 Å². The zero-order valence-electron chi connectivity index (χ0n) is 9.23. The largest absolute Gasteiger partial charge is 0.493 e. The molecule has 1 aromatic heterocycles. The maximum atomic E-state index is 10.8. The van der Waals surface area contributed by atoms with Gasteiger partial charge in [-0.05, 0) is 12.1 Å². The summed E-state index contributed by atoms with van der Waals surface area (Å²) in [6.45, 7) is 0.749. The van der Waals surface area contributed by atoms with Crippen LogP contribution in [0.25, 0.3) is 0 Å². The van der Waals surface area contributed by atoms with Crippen molar-refractivity contribution in [1.82, 2.24) is 9.71 Å². The van der Waals surface area contributed by atoms with E-state index in [1.165, 1.54) is 0 Å². The first kappa shape index (κ1) is 12.7. The van der Waals surface area contributed by atoms with Gasteiger partial charge in [0.25, 0.3) is 0 Å². The maximum Gasteiger partial charge on any atom is 0.208 e. The van der Waals surface area contributed by atoms with E-state index in [1.807, 2.05) is 0 Å². The number of hydrogen-bond acceptors (Lipinski definition) is 5. The minimum absolute atomic E-state index is 0.304. The zero-order chi connectivity index (χ0) is 12.0. The molecule has 1 aromatic rings. The molecule has 0 aromatic carbocycles. The highest BCUT2D eigenvalue weighted by Crippen LogP contribution is 2.19. The molecule has 0 aliphatic carbocycles. The Hall–Kier alpha value is -1.34. The van der Waals surface area contributed by atoms with Crippen LogP contribution in [0.1, 0.15) is 0 Å². The van der Waals surface area contributed by atoms with Crippen molar-refractivity contribution in [2.75, 3.05) is 31.8 Å². The van der Waals surface area contributed by atoms with Crippen molar-refractivity contribution < 1.29 is 13.2 Å². The van der Waals surface area contributed by atoms with E-state index in [9.17, 15) is 8.42 Å². The van der Waals surface area contributed by atoms with Gasteiger partial charge in [-0.25, -0.2) is 18.1 Å². The molecule has 0 unspecified atom stereocenters. The van der Waals surface area contributed by atoms with Gasteiger partial charge in [-0.1, -0.05) is 0 Å². The molecule has 1 heterocycles. The van der Waals surface area contributed by atoms with Crippen LogP contribution in [0.15, 0.2) is 18.3 Å². The molecule has 90 valence electrons. The number of methoxy groups -OCH3 is 1. The quantitative estimate of drug-likeness (QED) is 0.692. The Kier molecular flexibility index (Phi) is 4.51. The number of anilines is 1. The summed E-state index contributed by atoms with van der Waals surface area (Å²) in [4.78, 5) is 4.07. The molecule has 16 heavy (non-hydrogen) atoms. The van der Waals surface area contributed by atoms with Crippen LogP contribution in [0.5, 0.6) is 5.75 Å². The molecular formula is C9H15N3O3S. The summed E-state index contributed by atoms with van der Waals surface area (Å²) in [6, 6.07) is 3.54. The predicted octanol–water partition coefficient (Wildman–Crippen LogP) is 0.0513. The van der Waals surface area contributed by atoms with E-state index in [0.717, 1.165) is 6.26 Å². The SMILES string of the molecule is COc1cccnc1NCCNS(C)(=O)=O. The lowest BCUT2D eigenvalue weighted by molar-refractivity contribution is 0.415. The van der Waals surface area contributed by atoms with Gasteiger partial charge in [-0.3, -0.25) is 0 Å². The molecule has 0 radical (unpaired) electrons. The highest BCUT2D eigenvalue weighted by atomic mass is 32.2. The minimum atomic E-state index is -3.14. The molecule has 0 atom stereocenters. The lowest BCUT2D eigenvalue weighted by Gasteiger charge is -2.09. The Morgan fingerprint density at radius 2 is 2.19 bits per heavy atom. The topological polar surface area (TPSA) is 80.3 Å². The fourth-order valence-electron chi connectivity index (χ4n) is 1.11. The molecule has 0 aliphatic rings. The van der Waals surface area contributed by atoms with Gasteiger partial charge in [0, 0.05) is 19.3 Å². The molecule has 1 rings (SSSR count). The highest BCUT2D eigenvalue weighted by molar-refractivity contribution is 7.88. The molecule has 0 amide bonds. The van der Waals surface area contributed by atoms with Gasteiger partial charge in [0.05, 0.1) is 13.4 Å². The minimum Gasteiger partial charge on any atom is -0.493 e. The number of nitrogens with zero attached hydrogens (tertiary/aromatic N) is 1. The first-order chi connectivity index (χ1) is 7.53. The number of nitrogens with one attached hydrogen (secondary N) is 2. The number of hydrogen-bond donors (Lipinski definition) is 2. The molecule has 0 aliphatic heterocycles. The van der Waals surface area contributed by atoms with E-state index < -0.39 is 10.0 Å². The van der Waals surface area contributed by atoms with Crippen molar-refractivity contribution >= 4 is 15.8 Å². The molecule has 0 saturated carbocycles. The molecule has 0 fully saturated rings. The van der Waals surface area contributed by atoms with Crippen molar-refractivity contribution in [1.29, 1.82) is 0 Å². The molecule has 7 heteroatoms. The van der Waals surface area contributed by atoms with Gasteiger partial charge in [-0.15, -0.1) is 0 Å². The standard InChI is InChI=1S/C9H15N3O3S/c1-15-8-4-3-5-10-9(8)11-6-7-12-16(2,13)14/h3-5,12H,6-7H2,1-2H3,(H,10,11). The number of ether oxygens (including phenoxy) is 1. The van der Waals surface area contributed by atoms with E-state index in [1.54, 1.807) is 25.4 Å². The maximum absolute atomic E-state index is 10.8. The summed E-state index contributed by atoms with van der Waals surface area (Å²) in [7, 11) is -1.58. The van der Waals surface area contributed by atoms with Crippen molar-refractivity contribution in [3.05, 3.63) is 18.3 Å². The van der Waals surface area contributed by atoms with Gasteiger partial charge in [-0.2, -0.15) is 0 Å². The summed E-state index contributed by atoms with van der Waals surface area (Å²) >= 11 is 0. The first-order valence-electron chi connectivity index (χ1n) is 4.70. The fourth-order valence-corrected chi connectivity index (χ4v) is 1.58. The average Bonchev–Trinajstić information content (AvgIpc) is 2.23. The Morgan fingerprint density at radius 1 is 1.44 bits per heavy atom. The molecule has 0 saturated heterocycles. The van der Waals surface area contributed by atoms with Crippen molar-refractivity contribution in [3.63, 3.8) is 0 Å². The van der Waals surface area contributed by atoms with Crippen LogP contribution in [0.3, 0.4) is 0 Å². The predicted molar refractivity (Wildman–Crippen MR) is 62.1 cm³/mol. The third-order valence-corrected chi connectivity index (χ3v) is 2.50. The number of pyridine rings is 1. The van der Waals surface area contributed by atoms with Crippen LogP contribution in [0, 0.1) is 0 Å². The lowest BCUT2D eigenvalue weighted by atomic mass is 10.4. The molecule has 6 nitrogen and oxygen atoms in total. The van der Waals surface area contributed by atoms with Gasteiger partial charge in [0.2, 0.25) is 10.0 Å². The third kappa shape index (κ3) is 4.45. The van der Waals surface area contributed by atoms with E-state index in [2.05, 4.69) is 15.0 Å². The normalized spacial score (nSPS) is 11.1. The highest BCUT2D eigenvalue weighted by Gasteiger charge is 2.03. The number of sulfonamides is 1. The zero-order valence-corrected chi connectivity index (χ0v) is 10.0. The molecule has 0 spiro atoms. The van der Waals surface area contributed by atoms with Crippen molar-refractivity contribution in [2.45, 2.75) is 0 Å². The van der Waals surface area contributed by atoms with Crippen LogP contribution in [-0.4, -0.2) is 39.9 Å². The van der Waals surface area contributed by atoms with Crippen LogP contribution < -0.4 is 14.8 Å². The summed E-state index contributed by atoms with van der Waals surface area (Å²) in [5.74, 6) is 1.22. The smallest absolute Gasteiger partial charge is 0.208 e. The van der Waals surface area contributed by atoms with Crippen LogP contribution in [0.4, 0.5) is 5.82 Å². The Balaban J connectivity index is 2.43. The lowest BCUT2D eigenvalue weighted by Crippen LogP contribution is -2.27. The molecular weight excluding hydrogens is 230 g/mol. The Labute approximate surface area is 95.1 Å². The van der Waals surface area contributed by atoms with Crippen LogP contribution in [-0.2, 0) is 10.0 Å². The fraction of sp³-hybridized carbons (Fsp3) is 0.444. The van der Waals surface area contributed by atoms with E-state index in [4.69, 9.17) is 4.74 Å². The average molecular weight is 245 g/mol. The Morgan fingerprint density at radius 3 is 2.81 bits per heavy atom. The third-order valence-electron chi connectivity index (χ3n) is 1.77. The van der Waals surface area contributed by atoms with Gasteiger partial charge in [0.15, 0.2) is 11.6 Å². The van der Waals surface area contributed by atoms with Crippen molar-refractivity contribution in [2.24, 2.45) is 0 Å². The number of rotatable bonds is 6. The van der Waals surface area contributed by atoms with Gasteiger partial charge < -0.3 is 10.1 Å². The second kappa shape index (κ2) is 5.66. The summed E-state index contributed by atoms with van der Waals surface area (Å²) in [5, 5.41) is 2.97. The van der Waals surface area contributed by atoms with E-state index >= 15 is 0 Å². The van der Waals surface area contributed by atoms with Crippen molar-refractivity contribution in [3.8, 4) is 5.75 Å². The monoisotopic (exact) mass is 245 g/mol. The van der Waals surface area contributed by atoms with Crippen LogP contribution in [0.2, 0.25) is 0 Å². The molecule has 0 bridgehead atoms. The second-order valence-electron chi connectivity index (χ2n) is 3.15. The summed E-state index contributed by atoms with van der Waals surface area (Å²) in [6.07, 6.45) is 2.75. The summed E-state index contributed by atoms with van der Waals surface area (Å²) < 4.78 is 29.0. The summed E-state index contributed by atoms with van der Waals surface area (Å²) in [5.41, 5.74) is 0. The Bertz CT molecular complexity index is 433. The first-order valence-corrected chi connectivity index (χ1v) is 6.59. The number of aromatic nitrogens is 1. The van der Waals surface area contributed by atoms with E-state index in [-0.39, 0.29) is 0 Å². The second-order valence-corrected chi connectivity index (χ2v) is 4.98. The molecule has 2 N–H and O–H groups in total.